The summed E-state index contributed by atoms with van der Waals surface area (Å²) in [7, 11) is 1.16. The fourth-order valence-electron chi connectivity index (χ4n) is 1.37. The lowest BCUT2D eigenvalue weighted by atomic mass is 10.1. The van der Waals surface area contributed by atoms with Crippen molar-refractivity contribution in [2.24, 2.45) is 0 Å². The number of anilines is 1. The lowest BCUT2D eigenvalue weighted by Gasteiger charge is -2.06. The molecule has 0 heterocycles. The van der Waals surface area contributed by atoms with Gasteiger partial charge in [0.2, 0.25) is 0 Å². The highest BCUT2D eigenvalue weighted by Gasteiger charge is 2.13. The zero-order chi connectivity index (χ0) is 14.4. The number of nitrogens with zero attached hydrogens (tertiary/aromatic N) is 2. The third-order valence-electron chi connectivity index (χ3n) is 2.40. The van der Waals surface area contributed by atoms with Gasteiger partial charge in [-0.2, -0.15) is 5.26 Å². The Bertz CT molecular complexity index is 587. The summed E-state index contributed by atoms with van der Waals surface area (Å²) >= 11 is 0. The first-order chi connectivity index (χ1) is 9.01. The molecule has 98 valence electrons. The maximum absolute atomic E-state index is 11.2. The summed E-state index contributed by atoms with van der Waals surface area (Å²) in [5.41, 5.74) is 0.570. The number of hydrogen-bond acceptors (Lipinski definition) is 6. The quantitative estimate of drug-likeness (QED) is 0.292. The Hall–Kier alpha value is -2.88. The first-order valence-corrected chi connectivity index (χ1v) is 5.20. The molecule has 0 aliphatic carbocycles. The summed E-state index contributed by atoms with van der Waals surface area (Å²) in [5.74, 6) is -0.780. The normalized spacial score (nSPS) is 10.5. The average Bonchev–Trinajstić information content (AvgIpc) is 2.40. The molecular weight excluding hydrogens is 250 g/mol. The molecule has 0 unspecified atom stereocenters. The van der Waals surface area contributed by atoms with Crippen molar-refractivity contribution in [2.45, 2.75) is 6.92 Å². The fourth-order valence-corrected chi connectivity index (χ4v) is 1.37. The highest BCUT2D eigenvalue weighted by molar-refractivity contribution is 5.93. The smallest absolute Gasteiger partial charge is 0.350 e. The van der Waals surface area contributed by atoms with Gasteiger partial charge < -0.3 is 10.1 Å². The van der Waals surface area contributed by atoms with Crippen molar-refractivity contribution in [3.05, 3.63) is 45.6 Å². The van der Waals surface area contributed by atoms with Gasteiger partial charge in [0.1, 0.15) is 6.07 Å². The number of benzene rings is 1. The van der Waals surface area contributed by atoms with Gasteiger partial charge in [0, 0.05) is 18.0 Å². The van der Waals surface area contributed by atoms with E-state index in [-0.39, 0.29) is 11.3 Å². The molecule has 0 saturated heterocycles. The second-order valence-electron chi connectivity index (χ2n) is 3.51. The maximum atomic E-state index is 11.2. The van der Waals surface area contributed by atoms with Crippen LogP contribution in [0, 0.1) is 28.4 Å². The second-order valence-corrected chi connectivity index (χ2v) is 3.51. The van der Waals surface area contributed by atoms with Crippen LogP contribution in [0.4, 0.5) is 11.4 Å². The Morgan fingerprint density at radius 3 is 2.79 bits per heavy atom. The Balaban J connectivity index is 3.05. The van der Waals surface area contributed by atoms with Gasteiger partial charge >= 0.3 is 5.97 Å². The van der Waals surface area contributed by atoms with E-state index in [2.05, 4.69) is 10.1 Å². The lowest BCUT2D eigenvalue weighted by molar-refractivity contribution is -0.385. The van der Waals surface area contributed by atoms with Crippen molar-refractivity contribution in [3.63, 3.8) is 0 Å². The molecule has 0 spiro atoms. The van der Waals surface area contributed by atoms with Crippen LogP contribution in [0.15, 0.2) is 30.0 Å². The van der Waals surface area contributed by atoms with Crippen molar-refractivity contribution in [1.29, 1.82) is 5.26 Å². The van der Waals surface area contributed by atoms with E-state index in [4.69, 9.17) is 5.26 Å². The van der Waals surface area contributed by atoms with E-state index in [9.17, 15) is 14.9 Å². The van der Waals surface area contributed by atoms with Crippen molar-refractivity contribution >= 4 is 17.3 Å². The zero-order valence-corrected chi connectivity index (χ0v) is 10.3. The van der Waals surface area contributed by atoms with Crippen LogP contribution >= 0.6 is 0 Å². The molecular formula is C12H11N3O4. The molecule has 0 aliphatic heterocycles. The number of methoxy groups -OCH3 is 1. The lowest BCUT2D eigenvalue weighted by Crippen LogP contribution is -2.05. The molecule has 0 amide bonds. The van der Waals surface area contributed by atoms with E-state index in [1.54, 1.807) is 19.1 Å². The molecule has 0 fully saturated rings. The molecule has 0 radical (unpaired) electrons. The Kier molecular flexibility index (Phi) is 4.60. The monoisotopic (exact) mass is 261 g/mol. The van der Waals surface area contributed by atoms with Gasteiger partial charge in [-0.1, -0.05) is 6.07 Å². The predicted octanol–water partition coefficient (Wildman–Crippen LogP) is 1.90. The van der Waals surface area contributed by atoms with E-state index < -0.39 is 10.9 Å². The number of rotatable bonds is 4. The number of ether oxygens (including phenoxy) is 1. The maximum Gasteiger partial charge on any atom is 0.350 e. The molecule has 0 bridgehead atoms. The largest absolute Gasteiger partial charge is 0.465 e. The van der Waals surface area contributed by atoms with E-state index >= 15 is 0 Å². The molecule has 0 atom stereocenters. The number of esters is 1. The molecule has 1 N–H and O–H groups in total. The topological polar surface area (TPSA) is 105 Å². The number of nitro benzene ring substituents is 1. The highest BCUT2D eigenvalue weighted by Crippen LogP contribution is 2.25. The summed E-state index contributed by atoms with van der Waals surface area (Å²) in [6, 6.07) is 6.15. The van der Waals surface area contributed by atoms with Gasteiger partial charge in [-0.15, -0.1) is 0 Å². The van der Waals surface area contributed by atoms with Crippen LogP contribution in [0.5, 0.6) is 0 Å². The molecule has 0 aromatic heterocycles. The summed E-state index contributed by atoms with van der Waals surface area (Å²) in [6.07, 6.45) is 1.15. The number of nitrogens with one attached hydrogen (secondary N) is 1. The summed E-state index contributed by atoms with van der Waals surface area (Å²) in [5, 5.41) is 22.2. The van der Waals surface area contributed by atoms with Crippen LogP contribution in [-0.4, -0.2) is 18.0 Å². The molecule has 1 aromatic carbocycles. The van der Waals surface area contributed by atoms with Crippen LogP contribution in [0.1, 0.15) is 5.56 Å². The van der Waals surface area contributed by atoms with Crippen molar-refractivity contribution in [1.82, 2.24) is 0 Å². The predicted molar refractivity (Wildman–Crippen MR) is 67.2 cm³/mol. The van der Waals surface area contributed by atoms with Crippen LogP contribution in [0.3, 0.4) is 0 Å². The average molecular weight is 261 g/mol. The molecule has 1 rings (SSSR count). The van der Waals surface area contributed by atoms with E-state index in [0.29, 0.717) is 11.3 Å². The van der Waals surface area contributed by atoms with Gasteiger partial charge in [0.05, 0.1) is 17.6 Å². The Labute approximate surface area is 109 Å². The minimum Gasteiger partial charge on any atom is -0.465 e. The standard InChI is InChI=1S/C12H11N3O4/c1-8-10(4-3-5-11(8)15(17)18)14-7-9(6-13)12(16)19-2/h3-5,7,14H,1-2H3/b9-7+. The first kappa shape index (κ1) is 14.2. The van der Waals surface area contributed by atoms with Crippen molar-refractivity contribution < 1.29 is 14.5 Å². The van der Waals surface area contributed by atoms with Crippen LogP contribution in [0.25, 0.3) is 0 Å². The van der Waals surface area contributed by atoms with E-state index in [1.807, 2.05) is 0 Å². The SMILES string of the molecule is COC(=O)/C(C#N)=C/Nc1cccc([N+](=O)[O-])c1C. The van der Waals surface area contributed by atoms with Gasteiger partial charge in [-0.25, -0.2) is 4.79 Å². The van der Waals surface area contributed by atoms with Crippen LogP contribution in [-0.2, 0) is 9.53 Å². The number of carbonyl (C=O) groups is 1. The first-order valence-electron chi connectivity index (χ1n) is 5.20. The summed E-state index contributed by atoms with van der Waals surface area (Å²) in [4.78, 5) is 21.4. The van der Waals surface area contributed by atoms with Crippen molar-refractivity contribution in [3.8, 4) is 6.07 Å². The molecule has 0 aliphatic rings. The molecule has 7 heteroatoms. The van der Waals surface area contributed by atoms with Gasteiger partial charge in [-0.3, -0.25) is 10.1 Å². The van der Waals surface area contributed by atoms with Gasteiger partial charge in [0.15, 0.2) is 5.57 Å². The van der Waals surface area contributed by atoms with E-state index in [1.165, 1.54) is 12.1 Å². The Morgan fingerprint density at radius 1 is 1.58 bits per heavy atom. The number of carbonyl (C=O) groups excluding carboxylic acids is 1. The van der Waals surface area contributed by atoms with Gasteiger partial charge in [0.25, 0.3) is 5.69 Å². The molecule has 7 nitrogen and oxygen atoms in total. The minimum atomic E-state index is -0.780. The van der Waals surface area contributed by atoms with Crippen LogP contribution in [0.2, 0.25) is 0 Å². The highest BCUT2D eigenvalue weighted by atomic mass is 16.6. The van der Waals surface area contributed by atoms with E-state index in [0.717, 1.165) is 13.3 Å². The zero-order valence-electron chi connectivity index (χ0n) is 10.3. The molecule has 1 aromatic rings. The second kappa shape index (κ2) is 6.16. The summed E-state index contributed by atoms with van der Waals surface area (Å²) in [6.45, 7) is 1.57. The molecule has 19 heavy (non-hydrogen) atoms. The number of nitriles is 1. The van der Waals surface area contributed by atoms with Crippen LogP contribution < -0.4 is 5.32 Å². The third kappa shape index (κ3) is 3.29. The van der Waals surface area contributed by atoms with Gasteiger partial charge in [-0.05, 0) is 13.0 Å². The Morgan fingerprint density at radius 2 is 2.26 bits per heavy atom. The molecule has 0 saturated carbocycles. The minimum absolute atomic E-state index is 0.0463. The third-order valence-corrected chi connectivity index (χ3v) is 2.40. The summed E-state index contributed by atoms with van der Waals surface area (Å²) < 4.78 is 4.41. The number of hydrogen-bond donors (Lipinski definition) is 1. The fraction of sp³-hybridized carbons (Fsp3) is 0.167. The van der Waals surface area contributed by atoms with Crippen molar-refractivity contribution in [2.75, 3.05) is 12.4 Å². The number of nitro groups is 1.